The molecule has 0 radical (unpaired) electrons. The van der Waals surface area contributed by atoms with Gasteiger partial charge in [-0.2, -0.15) is 0 Å². The molecule has 0 unspecified atom stereocenters. The van der Waals surface area contributed by atoms with Crippen molar-refractivity contribution >= 4 is 12.6 Å². The van der Waals surface area contributed by atoms with Gasteiger partial charge >= 0.3 is 29.6 Å². The second-order valence-electron chi connectivity index (χ2n) is 2.72. The fourth-order valence-corrected chi connectivity index (χ4v) is 1.20. The van der Waals surface area contributed by atoms with Crippen LogP contribution in [0.25, 0.3) is 0 Å². The van der Waals surface area contributed by atoms with Gasteiger partial charge in [-0.3, -0.25) is 0 Å². The van der Waals surface area contributed by atoms with Crippen LogP contribution >= 0.6 is 12.6 Å². The second kappa shape index (κ2) is 4.56. The zero-order chi connectivity index (χ0) is 7.72. The van der Waals surface area contributed by atoms with E-state index in [0.717, 1.165) is 4.90 Å². The predicted octanol–water partition coefficient (Wildman–Crippen LogP) is 0.0171. The van der Waals surface area contributed by atoms with Gasteiger partial charge in [0, 0.05) is 4.90 Å². The van der Waals surface area contributed by atoms with Crippen LogP contribution in [0.2, 0.25) is 0 Å². The van der Waals surface area contributed by atoms with Gasteiger partial charge < -0.3 is 1.43 Å². The molecular formula is C9H13NaS. The van der Waals surface area contributed by atoms with Crippen LogP contribution in [-0.4, -0.2) is 0 Å². The molecule has 0 spiro atoms. The number of benzene rings is 1. The van der Waals surface area contributed by atoms with Gasteiger partial charge in [0.15, 0.2) is 0 Å². The van der Waals surface area contributed by atoms with E-state index in [1.165, 1.54) is 16.7 Å². The molecular weight excluding hydrogens is 163 g/mol. The van der Waals surface area contributed by atoms with E-state index in [1.54, 1.807) is 0 Å². The predicted molar refractivity (Wildman–Crippen MR) is 49.0 cm³/mol. The third kappa shape index (κ3) is 2.83. The molecule has 1 aromatic carbocycles. The number of rotatable bonds is 0. The second-order valence-corrected chi connectivity index (χ2v) is 3.20. The Bertz CT molecular complexity index is 211. The summed E-state index contributed by atoms with van der Waals surface area (Å²) < 4.78 is 0. The van der Waals surface area contributed by atoms with E-state index in [1.807, 2.05) is 0 Å². The Morgan fingerprint density at radius 2 is 1.45 bits per heavy atom. The fourth-order valence-electron chi connectivity index (χ4n) is 0.945. The van der Waals surface area contributed by atoms with Gasteiger partial charge in [-0.05, 0) is 43.5 Å². The third-order valence-corrected chi connectivity index (χ3v) is 2.29. The maximum atomic E-state index is 4.31. The first-order valence-corrected chi connectivity index (χ1v) is 3.83. The van der Waals surface area contributed by atoms with Crippen molar-refractivity contribution in [1.29, 1.82) is 0 Å². The molecule has 11 heavy (non-hydrogen) atoms. The Balaban J connectivity index is 0. The molecule has 0 aliphatic rings. The smallest absolute Gasteiger partial charge is 1.00 e. The quantitative estimate of drug-likeness (QED) is 0.418. The van der Waals surface area contributed by atoms with Crippen molar-refractivity contribution in [3.63, 3.8) is 0 Å². The molecule has 1 aromatic rings. The molecule has 0 atom stereocenters. The molecule has 0 aliphatic heterocycles. The summed E-state index contributed by atoms with van der Waals surface area (Å²) in [5.41, 5.74) is 3.91. The van der Waals surface area contributed by atoms with E-state index in [0.29, 0.717) is 0 Å². The topological polar surface area (TPSA) is 0 Å². The monoisotopic (exact) mass is 176 g/mol. The van der Waals surface area contributed by atoms with Crippen molar-refractivity contribution in [2.75, 3.05) is 0 Å². The molecule has 0 amide bonds. The molecule has 0 saturated carbocycles. The van der Waals surface area contributed by atoms with Gasteiger partial charge in [0.05, 0.1) is 0 Å². The average Bonchev–Trinajstić information content (AvgIpc) is 1.84. The molecule has 0 aromatic heterocycles. The van der Waals surface area contributed by atoms with E-state index in [-0.39, 0.29) is 31.0 Å². The summed E-state index contributed by atoms with van der Waals surface area (Å²) in [6.07, 6.45) is 0. The largest absolute Gasteiger partial charge is 1.00 e. The molecule has 1 rings (SSSR count). The summed E-state index contributed by atoms with van der Waals surface area (Å²) in [6.45, 7) is 6.30. The number of hydrogen-bond acceptors (Lipinski definition) is 1. The van der Waals surface area contributed by atoms with Gasteiger partial charge in [-0.25, -0.2) is 0 Å². The minimum atomic E-state index is 0. The molecule has 0 bridgehead atoms. The SMILES string of the molecule is Cc1cc(C)c(S)cc1C.[H-].[Na+]. The number of hydrogen-bond donors (Lipinski definition) is 1. The molecule has 0 nitrogen and oxygen atoms in total. The average molecular weight is 176 g/mol. The minimum Gasteiger partial charge on any atom is -1.00 e. The van der Waals surface area contributed by atoms with Crippen molar-refractivity contribution in [2.45, 2.75) is 25.7 Å². The maximum absolute atomic E-state index is 4.31. The molecule has 0 saturated heterocycles. The van der Waals surface area contributed by atoms with Gasteiger partial charge in [0.2, 0.25) is 0 Å². The van der Waals surface area contributed by atoms with Crippen LogP contribution < -0.4 is 29.6 Å². The molecule has 0 heterocycles. The van der Waals surface area contributed by atoms with E-state index in [2.05, 4.69) is 45.5 Å². The van der Waals surface area contributed by atoms with Crippen LogP contribution in [-0.2, 0) is 0 Å². The van der Waals surface area contributed by atoms with Gasteiger partial charge in [-0.15, -0.1) is 12.6 Å². The first-order valence-electron chi connectivity index (χ1n) is 3.38. The first kappa shape index (κ1) is 11.6. The first-order chi connectivity index (χ1) is 4.61. The van der Waals surface area contributed by atoms with Crippen LogP contribution in [0.15, 0.2) is 17.0 Å². The summed E-state index contributed by atoms with van der Waals surface area (Å²) in [5, 5.41) is 0. The van der Waals surface area contributed by atoms with Crippen LogP contribution in [0.5, 0.6) is 0 Å². The van der Waals surface area contributed by atoms with Gasteiger partial charge in [-0.1, -0.05) is 6.07 Å². The van der Waals surface area contributed by atoms with Crippen LogP contribution in [0.1, 0.15) is 18.1 Å². The fraction of sp³-hybridized carbons (Fsp3) is 0.333. The molecule has 56 valence electrons. The Kier molecular flexibility index (Phi) is 4.80. The van der Waals surface area contributed by atoms with Crippen molar-refractivity contribution in [1.82, 2.24) is 0 Å². The van der Waals surface area contributed by atoms with Crippen molar-refractivity contribution in [3.8, 4) is 0 Å². The van der Waals surface area contributed by atoms with Crippen molar-refractivity contribution in [2.24, 2.45) is 0 Å². The minimum absolute atomic E-state index is 0. The third-order valence-electron chi connectivity index (χ3n) is 1.81. The molecule has 2 heteroatoms. The molecule has 0 fully saturated rings. The van der Waals surface area contributed by atoms with E-state index >= 15 is 0 Å². The van der Waals surface area contributed by atoms with Crippen LogP contribution in [0.3, 0.4) is 0 Å². The van der Waals surface area contributed by atoms with E-state index in [9.17, 15) is 0 Å². The normalized spacial score (nSPS) is 9.09. The number of thiol groups is 1. The summed E-state index contributed by atoms with van der Waals surface area (Å²) in [4.78, 5) is 1.09. The number of aryl methyl sites for hydroxylation is 3. The Hall–Kier alpha value is 0.570. The van der Waals surface area contributed by atoms with Crippen molar-refractivity contribution < 1.29 is 31.0 Å². The Morgan fingerprint density at radius 1 is 1.00 bits per heavy atom. The summed E-state index contributed by atoms with van der Waals surface area (Å²) >= 11 is 4.31. The van der Waals surface area contributed by atoms with Crippen molar-refractivity contribution in [3.05, 3.63) is 28.8 Å². The van der Waals surface area contributed by atoms with E-state index in [4.69, 9.17) is 0 Å². The Labute approximate surface area is 97.6 Å². The van der Waals surface area contributed by atoms with Gasteiger partial charge in [0.1, 0.15) is 0 Å². The summed E-state index contributed by atoms with van der Waals surface area (Å²) in [6, 6.07) is 4.27. The molecule has 0 aliphatic carbocycles. The summed E-state index contributed by atoms with van der Waals surface area (Å²) in [5.74, 6) is 0. The Morgan fingerprint density at radius 3 is 1.91 bits per heavy atom. The summed E-state index contributed by atoms with van der Waals surface area (Å²) in [7, 11) is 0. The van der Waals surface area contributed by atoms with Crippen LogP contribution in [0, 0.1) is 20.8 Å². The van der Waals surface area contributed by atoms with Crippen LogP contribution in [0.4, 0.5) is 0 Å². The van der Waals surface area contributed by atoms with E-state index < -0.39 is 0 Å². The van der Waals surface area contributed by atoms with Gasteiger partial charge in [0.25, 0.3) is 0 Å². The maximum Gasteiger partial charge on any atom is 1.00 e. The zero-order valence-corrected chi connectivity index (χ0v) is 10.5. The molecule has 0 N–H and O–H groups in total. The zero-order valence-electron chi connectivity index (χ0n) is 8.60. The standard InChI is InChI=1S/C9H12S.Na.H/c1-6-4-8(3)9(10)5-7(6)2;;/h4-5,10H,1-3H3;;/q;+1;-1.